The van der Waals surface area contributed by atoms with Gasteiger partial charge >= 0.3 is 6.03 Å². The van der Waals surface area contributed by atoms with Crippen molar-refractivity contribution < 1.29 is 9.59 Å². The molecule has 0 saturated heterocycles. The summed E-state index contributed by atoms with van der Waals surface area (Å²) in [5, 5.41) is 10.8. The average molecular weight is 291 g/mol. The van der Waals surface area contributed by atoms with Gasteiger partial charge in [0.05, 0.1) is 0 Å². The quantitative estimate of drug-likeness (QED) is 0.671. The van der Waals surface area contributed by atoms with Crippen molar-refractivity contribution in [2.24, 2.45) is 5.73 Å². The summed E-state index contributed by atoms with van der Waals surface area (Å²) in [5.41, 5.74) is 7.44. The number of primary amides is 1. The van der Waals surface area contributed by atoms with Gasteiger partial charge in [-0.05, 0) is 22.8 Å². The van der Waals surface area contributed by atoms with Crippen molar-refractivity contribution in [3.8, 4) is 17.2 Å². The number of nitriles is 1. The molecule has 0 heterocycles. The Morgan fingerprint density at radius 2 is 1.59 bits per heavy atom. The summed E-state index contributed by atoms with van der Waals surface area (Å²) >= 11 is 0. The van der Waals surface area contributed by atoms with Crippen molar-refractivity contribution in [1.29, 1.82) is 5.26 Å². The molecule has 5 nitrogen and oxygen atoms in total. The van der Waals surface area contributed by atoms with Crippen LogP contribution in [0.25, 0.3) is 17.2 Å². The number of nitrogens with zero attached hydrogens (tertiary/aromatic N) is 1. The molecule has 0 bridgehead atoms. The molecule has 0 spiro atoms. The predicted molar refractivity (Wildman–Crippen MR) is 83.2 cm³/mol. The smallest absolute Gasteiger partial charge is 0.319 e. The molecule has 0 aromatic heterocycles. The minimum Gasteiger partial charge on any atom is -0.351 e. The Labute approximate surface area is 127 Å². The highest BCUT2D eigenvalue weighted by molar-refractivity contribution is 6.08. The Balaban J connectivity index is 2.23. The molecule has 3 amide bonds. The van der Waals surface area contributed by atoms with E-state index in [-0.39, 0.29) is 5.57 Å². The van der Waals surface area contributed by atoms with E-state index in [4.69, 9.17) is 11.0 Å². The minimum atomic E-state index is -0.995. The van der Waals surface area contributed by atoms with Crippen LogP contribution in [0.1, 0.15) is 5.56 Å². The third kappa shape index (κ3) is 3.81. The summed E-state index contributed by atoms with van der Waals surface area (Å²) in [6.07, 6.45) is 1.40. The first-order valence-corrected chi connectivity index (χ1v) is 6.48. The largest absolute Gasteiger partial charge is 0.351 e. The number of nitrogens with two attached hydrogens (primary N) is 1. The van der Waals surface area contributed by atoms with Crippen LogP contribution in [0.4, 0.5) is 4.79 Å². The van der Waals surface area contributed by atoms with E-state index in [2.05, 4.69) is 0 Å². The fraction of sp³-hybridized carbons (Fsp3) is 0. The van der Waals surface area contributed by atoms with E-state index in [0.717, 1.165) is 11.1 Å². The van der Waals surface area contributed by atoms with E-state index in [1.807, 2.05) is 47.8 Å². The maximum atomic E-state index is 11.6. The highest BCUT2D eigenvalue weighted by Crippen LogP contribution is 2.20. The van der Waals surface area contributed by atoms with Gasteiger partial charge in [0.25, 0.3) is 5.91 Å². The molecular weight excluding hydrogens is 278 g/mol. The number of imide groups is 1. The summed E-state index contributed by atoms with van der Waals surface area (Å²) in [6.45, 7) is 0. The number of carbonyl (C=O) groups is 2. The van der Waals surface area contributed by atoms with E-state index in [1.165, 1.54) is 6.08 Å². The molecule has 22 heavy (non-hydrogen) atoms. The number of rotatable bonds is 3. The molecule has 0 fully saturated rings. The summed E-state index contributed by atoms with van der Waals surface area (Å²) in [7, 11) is 0. The maximum Gasteiger partial charge on any atom is 0.319 e. The Kier molecular flexibility index (Phi) is 4.68. The van der Waals surface area contributed by atoms with E-state index >= 15 is 0 Å². The Morgan fingerprint density at radius 3 is 2.14 bits per heavy atom. The highest BCUT2D eigenvalue weighted by Gasteiger charge is 2.10. The van der Waals surface area contributed by atoms with Crippen LogP contribution in [0, 0.1) is 11.3 Å². The number of urea groups is 1. The van der Waals surface area contributed by atoms with Crippen LogP contribution >= 0.6 is 0 Å². The summed E-state index contributed by atoms with van der Waals surface area (Å²) < 4.78 is 0. The van der Waals surface area contributed by atoms with Gasteiger partial charge in [-0.3, -0.25) is 10.1 Å². The van der Waals surface area contributed by atoms with E-state index in [0.29, 0.717) is 5.56 Å². The molecule has 0 unspecified atom stereocenters. The van der Waals surface area contributed by atoms with Gasteiger partial charge in [-0.25, -0.2) is 4.79 Å². The lowest BCUT2D eigenvalue weighted by Crippen LogP contribution is -2.35. The Morgan fingerprint density at radius 1 is 1.00 bits per heavy atom. The zero-order valence-electron chi connectivity index (χ0n) is 11.6. The zero-order valence-corrected chi connectivity index (χ0v) is 11.6. The van der Waals surface area contributed by atoms with E-state index in [1.54, 1.807) is 18.2 Å². The van der Waals surface area contributed by atoms with Crippen LogP contribution in [0.3, 0.4) is 0 Å². The summed E-state index contributed by atoms with van der Waals surface area (Å²) in [6, 6.07) is 17.9. The SMILES string of the molecule is N#CC(=Cc1ccc(-c2ccccc2)cc1)C(=O)NC(N)=O. The maximum absolute atomic E-state index is 11.6. The van der Waals surface area contributed by atoms with Gasteiger partial charge in [0.15, 0.2) is 0 Å². The first-order chi connectivity index (χ1) is 10.6. The lowest BCUT2D eigenvalue weighted by Gasteiger charge is -2.03. The number of hydrogen-bond donors (Lipinski definition) is 2. The molecule has 0 aliphatic rings. The predicted octanol–water partition coefficient (Wildman–Crippen LogP) is 2.46. The number of amides is 3. The van der Waals surface area contributed by atoms with Crippen molar-refractivity contribution in [1.82, 2.24) is 5.32 Å². The van der Waals surface area contributed by atoms with Crippen molar-refractivity contribution in [2.75, 3.05) is 0 Å². The Bertz CT molecular complexity index is 757. The normalized spacial score (nSPS) is 10.6. The second kappa shape index (κ2) is 6.86. The second-order valence-corrected chi connectivity index (χ2v) is 4.48. The number of nitrogens with one attached hydrogen (secondary N) is 1. The second-order valence-electron chi connectivity index (χ2n) is 4.48. The Hall–Kier alpha value is -3.39. The van der Waals surface area contributed by atoms with E-state index in [9.17, 15) is 9.59 Å². The van der Waals surface area contributed by atoms with Crippen LogP contribution in [0.15, 0.2) is 60.2 Å². The van der Waals surface area contributed by atoms with Crippen LogP contribution in [0.5, 0.6) is 0 Å². The first kappa shape index (κ1) is 15.0. The van der Waals surface area contributed by atoms with Gasteiger partial charge in [0.1, 0.15) is 11.6 Å². The molecule has 0 radical (unpaired) electrons. The van der Waals surface area contributed by atoms with Gasteiger partial charge in [0.2, 0.25) is 0 Å². The first-order valence-electron chi connectivity index (χ1n) is 6.48. The van der Waals surface area contributed by atoms with E-state index < -0.39 is 11.9 Å². The minimum absolute atomic E-state index is 0.189. The molecule has 0 atom stereocenters. The van der Waals surface area contributed by atoms with Crippen molar-refractivity contribution in [3.63, 3.8) is 0 Å². The molecule has 3 N–H and O–H groups in total. The van der Waals surface area contributed by atoms with Gasteiger partial charge in [-0.1, -0.05) is 54.6 Å². The summed E-state index contributed by atoms with van der Waals surface area (Å²) in [4.78, 5) is 22.2. The summed E-state index contributed by atoms with van der Waals surface area (Å²) in [5.74, 6) is -0.817. The standard InChI is InChI=1S/C17H13N3O2/c18-11-15(16(21)20-17(19)22)10-12-6-8-14(9-7-12)13-4-2-1-3-5-13/h1-10H,(H3,19,20,21,22). The topological polar surface area (TPSA) is 96.0 Å². The van der Waals surface area contributed by atoms with Crippen LogP contribution in [0.2, 0.25) is 0 Å². The van der Waals surface area contributed by atoms with Crippen LogP contribution < -0.4 is 11.1 Å². The molecule has 108 valence electrons. The highest BCUT2D eigenvalue weighted by atomic mass is 16.2. The lowest BCUT2D eigenvalue weighted by molar-refractivity contribution is -0.115. The monoisotopic (exact) mass is 291 g/mol. The fourth-order valence-corrected chi connectivity index (χ4v) is 1.90. The number of benzene rings is 2. The van der Waals surface area contributed by atoms with Crippen molar-refractivity contribution >= 4 is 18.0 Å². The fourth-order valence-electron chi connectivity index (χ4n) is 1.90. The molecule has 5 heteroatoms. The number of hydrogen-bond acceptors (Lipinski definition) is 3. The molecule has 2 aromatic rings. The number of carbonyl (C=O) groups excluding carboxylic acids is 2. The third-order valence-electron chi connectivity index (χ3n) is 2.93. The molecule has 0 saturated carbocycles. The third-order valence-corrected chi connectivity index (χ3v) is 2.93. The lowest BCUT2D eigenvalue weighted by atomic mass is 10.0. The van der Waals surface area contributed by atoms with Gasteiger partial charge in [-0.2, -0.15) is 5.26 Å². The van der Waals surface area contributed by atoms with Gasteiger partial charge in [-0.15, -0.1) is 0 Å². The van der Waals surface area contributed by atoms with Crippen LogP contribution in [-0.2, 0) is 4.79 Å². The molecular formula is C17H13N3O2. The van der Waals surface area contributed by atoms with Crippen molar-refractivity contribution in [3.05, 3.63) is 65.7 Å². The molecule has 0 aliphatic heterocycles. The molecule has 2 rings (SSSR count). The van der Waals surface area contributed by atoms with Crippen molar-refractivity contribution in [2.45, 2.75) is 0 Å². The molecule has 0 aliphatic carbocycles. The van der Waals surface area contributed by atoms with Crippen LogP contribution in [-0.4, -0.2) is 11.9 Å². The average Bonchev–Trinajstić information content (AvgIpc) is 2.53. The van der Waals surface area contributed by atoms with Gasteiger partial charge < -0.3 is 5.73 Å². The molecule has 2 aromatic carbocycles. The van der Waals surface area contributed by atoms with Gasteiger partial charge in [0, 0.05) is 0 Å². The zero-order chi connectivity index (χ0) is 15.9.